The van der Waals surface area contributed by atoms with Crippen LogP contribution in [0.15, 0.2) is 22.8 Å². The zero-order valence-electron chi connectivity index (χ0n) is 10.9. The number of aliphatic hydroxyl groups excluding tert-OH is 1. The van der Waals surface area contributed by atoms with Gasteiger partial charge in [-0.1, -0.05) is 36.1 Å². The topological polar surface area (TPSA) is 20.2 Å². The highest BCUT2D eigenvalue weighted by Gasteiger charge is 2.03. The highest BCUT2D eigenvalue weighted by molar-refractivity contribution is 5.13. The van der Waals surface area contributed by atoms with E-state index in [1.54, 1.807) is 0 Å². The van der Waals surface area contributed by atoms with Gasteiger partial charge in [0.1, 0.15) is 0 Å². The maximum absolute atomic E-state index is 9.75. The molecule has 1 atom stereocenters. The van der Waals surface area contributed by atoms with Gasteiger partial charge in [0.05, 0.1) is 6.10 Å². The van der Waals surface area contributed by atoms with E-state index in [0.717, 1.165) is 6.42 Å². The van der Waals surface area contributed by atoms with E-state index in [1.165, 1.54) is 36.0 Å². The van der Waals surface area contributed by atoms with Crippen molar-refractivity contribution in [3.05, 3.63) is 22.8 Å². The average molecular weight is 210 g/mol. The van der Waals surface area contributed by atoms with E-state index in [4.69, 9.17) is 0 Å². The molecule has 88 valence electrons. The van der Waals surface area contributed by atoms with Crippen LogP contribution in [0.3, 0.4) is 0 Å². The van der Waals surface area contributed by atoms with Crippen LogP contribution in [-0.2, 0) is 0 Å². The third kappa shape index (κ3) is 7.38. The number of unbranched alkanes of at least 4 members (excludes halogenated alkanes) is 1. The summed E-state index contributed by atoms with van der Waals surface area (Å²) in [7, 11) is 0. The lowest BCUT2D eigenvalue weighted by atomic mass is 10.00. The fraction of sp³-hybridized carbons (Fsp3) is 0.714. The van der Waals surface area contributed by atoms with Gasteiger partial charge in [-0.05, 0) is 47.0 Å². The molecule has 1 N–H and O–H groups in total. The molecule has 0 saturated heterocycles. The summed E-state index contributed by atoms with van der Waals surface area (Å²) in [5, 5.41) is 9.75. The molecular weight excluding hydrogens is 184 g/mol. The SMILES string of the molecule is CCCC/C(C)=C(/C)CC(O)C=C(C)C. The summed E-state index contributed by atoms with van der Waals surface area (Å²) in [6.45, 7) is 10.6. The molecule has 15 heavy (non-hydrogen) atoms. The van der Waals surface area contributed by atoms with Crippen LogP contribution in [0, 0.1) is 0 Å². The van der Waals surface area contributed by atoms with Crippen molar-refractivity contribution in [1.82, 2.24) is 0 Å². The predicted molar refractivity (Wildman–Crippen MR) is 68.0 cm³/mol. The first-order valence-corrected chi connectivity index (χ1v) is 5.95. The van der Waals surface area contributed by atoms with Crippen LogP contribution in [-0.4, -0.2) is 11.2 Å². The molecule has 0 heterocycles. The lowest BCUT2D eigenvalue weighted by Gasteiger charge is -2.10. The molecule has 0 saturated carbocycles. The molecule has 0 radical (unpaired) electrons. The van der Waals surface area contributed by atoms with Crippen LogP contribution in [0.1, 0.15) is 60.3 Å². The van der Waals surface area contributed by atoms with Crippen LogP contribution < -0.4 is 0 Å². The fourth-order valence-electron chi connectivity index (χ4n) is 1.59. The minimum absolute atomic E-state index is 0.313. The zero-order chi connectivity index (χ0) is 11.8. The van der Waals surface area contributed by atoms with Gasteiger partial charge in [-0.15, -0.1) is 0 Å². The van der Waals surface area contributed by atoms with E-state index < -0.39 is 0 Å². The first-order chi connectivity index (χ1) is 6.97. The Morgan fingerprint density at radius 3 is 2.20 bits per heavy atom. The lowest BCUT2D eigenvalue weighted by Crippen LogP contribution is -2.04. The first-order valence-electron chi connectivity index (χ1n) is 5.95. The van der Waals surface area contributed by atoms with Gasteiger partial charge in [0.25, 0.3) is 0 Å². The van der Waals surface area contributed by atoms with Crippen LogP contribution >= 0.6 is 0 Å². The van der Waals surface area contributed by atoms with Crippen LogP contribution in [0.5, 0.6) is 0 Å². The molecule has 0 amide bonds. The van der Waals surface area contributed by atoms with Crippen molar-refractivity contribution in [2.45, 2.75) is 66.4 Å². The third-order valence-electron chi connectivity index (χ3n) is 2.67. The Labute approximate surface area is 94.9 Å². The van der Waals surface area contributed by atoms with Crippen molar-refractivity contribution in [3.8, 4) is 0 Å². The number of rotatable bonds is 6. The van der Waals surface area contributed by atoms with E-state index in [0.29, 0.717) is 0 Å². The molecule has 0 aliphatic heterocycles. The molecule has 0 bridgehead atoms. The molecule has 1 nitrogen and oxygen atoms in total. The Kier molecular flexibility index (Phi) is 7.41. The summed E-state index contributed by atoms with van der Waals surface area (Å²) < 4.78 is 0. The molecule has 1 heteroatoms. The Morgan fingerprint density at radius 2 is 1.73 bits per heavy atom. The minimum Gasteiger partial charge on any atom is -0.389 e. The van der Waals surface area contributed by atoms with Gasteiger partial charge < -0.3 is 5.11 Å². The smallest absolute Gasteiger partial charge is 0.0760 e. The molecule has 0 aromatic heterocycles. The first kappa shape index (κ1) is 14.4. The van der Waals surface area contributed by atoms with Crippen LogP contribution in [0.2, 0.25) is 0 Å². The van der Waals surface area contributed by atoms with E-state index in [-0.39, 0.29) is 6.10 Å². The number of hydrogen-bond acceptors (Lipinski definition) is 1. The van der Waals surface area contributed by atoms with Crippen LogP contribution in [0.25, 0.3) is 0 Å². The maximum atomic E-state index is 9.75. The molecule has 0 aliphatic carbocycles. The van der Waals surface area contributed by atoms with E-state index in [1.807, 2.05) is 19.9 Å². The Balaban J connectivity index is 4.20. The predicted octanol–water partition coefficient (Wildman–Crippen LogP) is 4.23. The minimum atomic E-state index is -0.313. The van der Waals surface area contributed by atoms with Gasteiger partial charge in [0.2, 0.25) is 0 Å². The fourth-order valence-corrected chi connectivity index (χ4v) is 1.59. The number of hydrogen-bond donors (Lipinski definition) is 1. The molecule has 0 rings (SSSR count). The molecule has 0 aromatic carbocycles. The molecule has 0 fully saturated rings. The van der Waals surface area contributed by atoms with Crippen molar-refractivity contribution >= 4 is 0 Å². The quantitative estimate of drug-likeness (QED) is 0.650. The van der Waals surface area contributed by atoms with E-state index in [9.17, 15) is 5.11 Å². The number of allylic oxidation sites excluding steroid dienone is 2. The highest BCUT2D eigenvalue weighted by atomic mass is 16.3. The van der Waals surface area contributed by atoms with Gasteiger partial charge in [-0.2, -0.15) is 0 Å². The normalized spacial score (nSPS) is 14.5. The summed E-state index contributed by atoms with van der Waals surface area (Å²) in [5.74, 6) is 0. The zero-order valence-corrected chi connectivity index (χ0v) is 10.9. The van der Waals surface area contributed by atoms with Crippen molar-refractivity contribution in [1.29, 1.82) is 0 Å². The van der Waals surface area contributed by atoms with Crippen molar-refractivity contribution in [2.24, 2.45) is 0 Å². The highest BCUT2D eigenvalue weighted by Crippen LogP contribution is 2.16. The van der Waals surface area contributed by atoms with Gasteiger partial charge in [0.15, 0.2) is 0 Å². The molecule has 0 aromatic rings. The van der Waals surface area contributed by atoms with E-state index >= 15 is 0 Å². The van der Waals surface area contributed by atoms with Crippen molar-refractivity contribution < 1.29 is 5.11 Å². The standard InChI is InChI=1S/C14H26O/c1-6-7-8-12(4)13(5)10-14(15)9-11(2)3/h9,14-15H,6-8,10H2,1-5H3/b13-12-. The van der Waals surface area contributed by atoms with Crippen molar-refractivity contribution in [3.63, 3.8) is 0 Å². The van der Waals surface area contributed by atoms with E-state index in [2.05, 4.69) is 20.8 Å². The van der Waals surface area contributed by atoms with Gasteiger partial charge in [-0.3, -0.25) is 0 Å². The van der Waals surface area contributed by atoms with Crippen molar-refractivity contribution in [2.75, 3.05) is 0 Å². The molecule has 1 unspecified atom stereocenters. The Hall–Kier alpha value is -0.560. The second-order valence-corrected chi connectivity index (χ2v) is 4.68. The third-order valence-corrected chi connectivity index (χ3v) is 2.67. The Bertz CT molecular complexity index is 232. The molecule has 0 spiro atoms. The van der Waals surface area contributed by atoms with Gasteiger partial charge in [0, 0.05) is 0 Å². The van der Waals surface area contributed by atoms with Gasteiger partial charge >= 0.3 is 0 Å². The summed E-state index contributed by atoms with van der Waals surface area (Å²) in [6, 6.07) is 0. The summed E-state index contributed by atoms with van der Waals surface area (Å²) in [6.07, 6.45) is 6.05. The monoisotopic (exact) mass is 210 g/mol. The molecule has 0 aliphatic rings. The summed E-state index contributed by atoms with van der Waals surface area (Å²) in [4.78, 5) is 0. The average Bonchev–Trinajstić information content (AvgIpc) is 2.12. The summed E-state index contributed by atoms with van der Waals surface area (Å²) >= 11 is 0. The largest absolute Gasteiger partial charge is 0.389 e. The summed E-state index contributed by atoms with van der Waals surface area (Å²) in [5.41, 5.74) is 3.97. The Morgan fingerprint density at radius 1 is 1.13 bits per heavy atom. The number of aliphatic hydroxyl groups is 1. The second-order valence-electron chi connectivity index (χ2n) is 4.68. The van der Waals surface area contributed by atoms with Gasteiger partial charge in [-0.25, -0.2) is 0 Å². The second kappa shape index (κ2) is 7.70. The lowest BCUT2D eigenvalue weighted by molar-refractivity contribution is 0.222. The van der Waals surface area contributed by atoms with Crippen LogP contribution in [0.4, 0.5) is 0 Å². The maximum Gasteiger partial charge on any atom is 0.0760 e. The molecular formula is C14H26O.